The molecule has 0 aliphatic carbocycles. The predicted molar refractivity (Wildman–Crippen MR) is 223 cm³/mol. The van der Waals surface area contributed by atoms with Crippen LogP contribution in [0.1, 0.15) is 66.9 Å². The van der Waals surface area contributed by atoms with Crippen molar-refractivity contribution in [3.8, 4) is 11.5 Å². The number of hydrogen-bond acceptors (Lipinski definition) is 12. The fourth-order valence-corrected chi connectivity index (χ4v) is 7.77. The van der Waals surface area contributed by atoms with Crippen LogP contribution in [0, 0.1) is 13.8 Å². The Bertz CT molecular complexity index is 2660. The zero-order chi connectivity index (χ0) is 42.1. The number of aromatic nitrogens is 8. The summed E-state index contributed by atoms with van der Waals surface area (Å²) in [6.07, 6.45) is 4.51. The van der Waals surface area contributed by atoms with Gasteiger partial charge in [-0.05, 0) is 64.1 Å². The second kappa shape index (κ2) is 16.8. The van der Waals surface area contributed by atoms with Crippen LogP contribution in [0.25, 0.3) is 22.1 Å². The van der Waals surface area contributed by atoms with Gasteiger partial charge in [0.1, 0.15) is 53.4 Å². The highest BCUT2D eigenvalue weighted by molar-refractivity contribution is 6.05. The maximum absolute atomic E-state index is 13.8. The Labute approximate surface area is 344 Å². The Morgan fingerprint density at radius 1 is 0.783 bits per heavy atom. The second-order valence-corrected chi connectivity index (χ2v) is 14.7. The maximum Gasteiger partial charge on any atom is 0.276 e. The minimum Gasteiger partial charge on any atom is -0.490 e. The fourth-order valence-electron chi connectivity index (χ4n) is 7.77. The lowest BCUT2D eigenvalue weighted by Crippen LogP contribution is -2.52. The van der Waals surface area contributed by atoms with E-state index < -0.39 is 17.7 Å². The van der Waals surface area contributed by atoms with Crippen molar-refractivity contribution in [2.24, 2.45) is 5.73 Å². The summed E-state index contributed by atoms with van der Waals surface area (Å²) in [6, 6.07) is 9.62. The van der Waals surface area contributed by atoms with Crippen LogP contribution in [0.4, 0.5) is 11.9 Å². The number of allylic oxidation sites excluding steroid dienone is 2. The molecule has 8 rings (SSSR count). The number of ether oxygens (including phenoxy) is 2. The van der Waals surface area contributed by atoms with Gasteiger partial charge in [0.25, 0.3) is 11.8 Å². The fraction of sp³-hybridized carbons (Fsp3) is 0.366. The van der Waals surface area contributed by atoms with Gasteiger partial charge in [0, 0.05) is 63.5 Å². The van der Waals surface area contributed by atoms with Crippen molar-refractivity contribution in [2.45, 2.75) is 59.9 Å². The van der Waals surface area contributed by atoms with Crippen LogP contribution >= 0.6 is 0 Å². The number of anilines is 2. The molecule has 312 valence electrons. The number of nitrogens with one attached hydrogen (secondary N) is 3. The van der Waals surface area contributed by atoms with Crippen LogP contribution in [0.15, 0.2) is 48.6 Å². The molecule has 5 N–H and O–H groups in total. The number of aryl methyl sites for hydroxylation is 4. The number of carbonyl (C=O) groups is 4. The van der Waals surface area contributed by atoms with Gasteiger partial charge >= 0.3 is 0 Å². The number of carbonyl (C=O) groups excluding carboxylic acids is 4. The molecule has 0 bridgehead atoms. The van der Waals surface area contributed by atoms with E-state index in [0.29, 0.717) is 88.1 Å². The third kappa shape index (κ3) is 7.83. The van der Waals surface area contributed by atoms with Gasteiger partial charge in [-0.25, -0.2) is 9.97 Å². The molecule has 6 heterocycles. The third-order valence-corrected chi connectivity index (χ3v) is 10.6. The summed E-state index contributed by atoms with van der Waals surface area (Å²) in [6.45, 7) is 12.1. The number of amides is 3. The molecular weight excluding hydrogens is 771 g/mol. The monoisotopic (exact) mass is 817 g/mol. The molecule has 0 spiro atoms. The smallest absolute Gasteiger partial charge is 0.276 e. The van der Waals surface area contributed by atoms with Gasteiger partial charge < -0.3 is 29.7 Å². The normalized spacial score (nSPS) is 16.7. The van der Waals surface area contributed by atoms with Gasteiger partial charge in [0.2, 0.25) is 17.8 Å². The molecule has 2 aromatic carbocycles. The summed E-state index contributed by atoms with van der Waals surface area (Å²) >= 11 is 0. The first-order valence-electron chi connectivity index (χ1n) is 20.0. The van der Waals surface area contributed by atoms with E-state index in [1.165, 1.54) is 0 Å². The molecule has 1 atom stereocenters. The minimum atomic E-state index is -0.663. The summed E-state index contributed by atoms with van der Waals surface area (Å²) in [5, 5.41) is 18.2. The number of piperazine rings is 1. The third-order valence-electron chi connectivity index (χ3n) is 10.6. The Balaban J connectivity index is 1.26. The van der Waals surface area contributed by atoms with Crippen LogP contribution in [0.3, 0.4) is 0 Å². The van der Waals surface area contributed by atoms with Crippen molar-refractivity contribution < 1.29 is 28.7 Å². The molecule has 3 amide bonds. The molecular formula is C41H47N13O6. The topological polar surface area (TPSA) is 223 Å². The number of benzene rings is 2. The highest BCUT2D eigenvalue weighted by Crippen LogP contribution is 2.34. The van der Waals surface area contributed by atoms with Gasteiger partial charge in [-0.15, -0.1) is 0 Å². The summed E-state index contributed by atoms with van der Waals surface area (Å²) in [5.41, 5.74) is 10.4. The first-order valence-corrected chi connectivity index (χ1v) is 20.0. The summed E-state index contributed by atoms with van der Waals surface area (Å²) in [5.74, 6) is -0.268. The SMILES string of the molecule is CCn1nc(C)cc1C(=O)Nc1nc2cc(C=O)cc3c2n1C/C=C/Cn1c(NC(=O)c2cc(C)nn2CC)nc2cc(C(N)=O)cc(c21)OCC(N1CCNCC1)CO3. The first kappa shape index (κ1) is 39.9. The zero-order valence-electron chi connectivity index (χ0n) is 33.9. The van der Waals surface area contributed by atoms with E-state index in [-0.39, 0.29) is 49.8 Å². The average Bonchev–Trinajstić information content (AvgIpc) is 4.01. The van der Waals surface area contributed by atoms with Crippen molar-refractivity contribution in [3.05, 3.63) is 82.5 Å². The molecule has 60 heavy (non-hydrogen) atoms. The molecule has 1 fully saturated rings. The molecule has 4 aromatic heterocycles. The lowest BCUT2D eigenvalue weighted by molar-refractivity contribution is 0.0821. The van der Waals surface area contributed by atoms with Crippen molar-refractivity contribution in [3.63, 3.8) is 0 Å². The summed E-state index contributed by atoms with van der Waals surface area (Å²) < 4.78 is 20.2. The number of rotatable bonds is 9. The number of nitrogens with two attached hydrogens (primary N) is 1. The largest absolute Gasteiger partial charge is 0.490 e. The van der Waals surface area contributed by atoms with E-state index in [0.717, 1.165) is 19.4 Å². The molecule has 1 unspecified atom stereocenters. The summed E-state index contributed by atoms with van der Waals surface area (Å²) in [7, 11) is 0. The van der Waals surface area contributed by atoms with E-state index in [1.807, 2.05) is 49.0 Å². The van der Waals surface area contributed by atoms with E-state index >= 15 is 0 Å². The van der Waals surface area contributed by atoms with Crippen LogP contribution in [0.5, 0.6) is 11.5 Å². The van der Waals surface area contributed by atoms with Crippen molar-refractivity contribution in [1.29, 1.82) is 0 Å². The van der Waals surface area contributed by atoms with Crippen LogP contribution in [0.2, 0.25) is 0 Å². The highest BCUT2D eigenvalue weighted by atomic mass is 16.5. The zero-order valence-corrected chi connectivity index (χ0v) is 33.9. The van der Waals surface area contributed by atoms with Crippen LogP contribution in [-0.4, -0.2) is 113 Å². The van der Waals surface area contributed by atoms with E-state index in [1.54, 1.807) is 45.8 Å². The molecule has 19 heteroatoms. The van der Waals surface area contributed by atoms with Gasteiger partial charge in [-0.1, -0.05) is 12.2 Å². The van der Waals surface area contributed by atoms with E-state index in [2.05, 4.69) is 31.0 Å². The van der Waals surface area contributed by atoms with Crippen molar-refractivity contribution >= 4 is 58.0 Å². The molecule has 2 aliphatic rings. The number of primary amides is 1. The number of aldehydes is 1. The van der Waals surface area contributed by atoms with Gasteiger partial charge in [0.05, 0.1) is 28.5 Å². The lowest BCUT2D eigenvalue weighted by Gasteiger charge is -2.34. The van der Waals surface area contributed by atoms with Crippen molar-refractivity contribution in [1.82, 2.24) is 48.9 Å². The van der Waals surface area contributed by atoms with E-state index in [9.17, 15) is 19.2 Å². The van der Waals surface area contributed by atoms with Gasteiger partial charge in [-0.2, -0.15) is 10.2 Å². The molecule has 19 nitrogen and oxygen atoms in total. The Morgan fingerprint density at radius 3 is 1.80 bits per heavy atom. The number of imidazole rings is 2. The van der Waals surface area contributed by atoms with Gasteiger partial charge in [-0.3, -0.25) is 44.1 Å². The van der Waals surface area contributed by atoms with Crippen molar-refractivity contribution in [2.75, 3.05) is 50.0 Å². The number of nitrogens with zero attached hydrogens (tertiary/aromatic N) is 9. The van der Waals surface area contributed by atoms with Crippen LogP contribution in [-0.2, 0) is 26.2 Å². The molecule has 1 saturated heterocycles. The summed E-state index contributed by atoms with van der Waals surface area (Å²) in [4.78, 5) is 64.4. The molecule has 2 aliphatic heterocycles. The molecule has 6 aromatic rings. The Hall–Kier alpha value is -6.86. The maximum atomic E-state index is 13.8. The van der Waals surface area contributed by atoms with E-state index in [4.69, 9.17) is 25.2 Å². The Morgan fingerprint density at radius 2 is 1.30 bits per heavy atom. The first-order chi connectivity index (χ1) is 29.0. The highest BCUT2D eigenvalue weighted by Gasteiger charge is 2.27. The lowest BCUT2D eigenvalue weighted by atomic mass is 10.1. The quantitative estimate of drug-likeness (QED) is 0.122. The Kier molecular flexibility index (Phi) is 11.2. The standard InChI is InChI=1S/C41H47N13O6/c1-5-53-31(15-24(3)48-53)38(57)46-40-44-29-17-26(21-55)18-33-35(29)51(40)11-7-8-12-52-36-30(45-41(52)47-39(58)32-16-25(4)49-54(32)6-2)19-27(37(42)56)20-34(36)60-23-28(22-59-33)50-13-9-43-10-14-50/h7-8,15-21,28,43H,5-6,9-14,22-23H2,1-4H3,(H2,42,56)(H,44,46,57)(H,45,47,58)/b8-7+. The predicted octanol–water partition coefficient (Wildman–Crippen LogP) is 3.15. The second-order valence-electron chi connectivity index (χ2n) is 14.7. The minimum absolute atomic E-state index is 0.136. The number of hydrogen-bond donors (Lipinski definition) is 4. The molecule has 0 saturated carbocycles. The molecule has 0 radical (unpaired) electrons. The average molecular weight is 818 g/mol. The van der Waals surface area contributed by atoms with Gasteiger partial charge in [0.15, 0.2) is 0 Å². The van der Waals surface area contributed by atoms with Crippen LogP contribution < -0.4 is 31.2 Å².